The zero-order chi connectivity index (χ0) is 21.5. The van der Waals surface area contributed by atoms with Crippen LogP contribution in [0.5, 0.6) is 0 Å². The Labute approximate surface area is 187 Å². The fourth-order valence-corrected chi connectivity index (χ4v) is 9.03. The van der Waals surface area contributed by atoms with Crippen LogP contribution in [0.4, 0.5) is 0 Å². The first kappa shape index (κ1) is 22.9. The fourth-order valence-electron chi connectivity index (χ4n) is 9.03. The highest BCUT2D eigenvalue weighted by molar-refractivity contribution is 5.25. The average Bonchev–Trinajstić information content (AvgIpc) is 3.05. The standard InChI is InChI=1S/C29H50O/c1-7-30-23-15-17-28(5)22(19-23)11-12-24-26-14-13-25(21(4)10-8-9-20(2)3)29(26,6)18-16-27(24)28/h11,20-21,23-27H,7-10,12-19H2,1-6H3/t21-,23+,24+,25-,26+,27+,28+,29-/m0/s1. The van der Waals surface area contributed by atoms with Crippen molar-refractivity contribution < 1.29 is 4.74 Å². The lowest BCUT2D eigenvalue weighted by atomic mass is 9.47. The first-order valence-corrected chi connectivity index (χ1v) is 13.6. The predicted octanol–water partition coefficient (Wildman–Crippen LogP) is 8.43. The van der Waals surface area contributed by atoms with E-state index in [1.807, 2.05) is 0 Å². The first-order chi connectivity index (χ1) is 14.3. The lowest BCUT2D eigenvalue weighted by Crippen LogP contribution is -2.51. The predicted molar refractivity (Wildman–Crippen MR) is 128 cm³/mol. The van der Waals surface area contributed by atoms with E-state index in [-0.39, 0.29) is 0 Å². The van der Waals surface area contributed by atoms with Gasteiger partial charge in [-0.05, 0) is 105 Å². The highest BCUT2D eigenvalue weighted by atomic mass is 16.5. The van der Waals surface area contributed by atoms with Gasteiger partial charge in [0.05, 0.1) is 6.10 Å². The molecule has 0 spiro atoms. The van der Waals surface area contributed by atoms with E-state index in [1.54, 1.807) is 5.57 Å². The Balaban J connectivity index is 1.47. The number of hydrogen-bond acceptors (Lipinski definition) is 1. The molecule has 0 radical (unpaired) electrons. The van der Waals surface area contributed by atoms with E-state index in [0.717, 1.165) is 42.1 Å². The molecule has 3 fully saturated rings. The molecule has 30 heavy (non-hydrogen) atoms. The Morgan fingerprint density at radius 3 is 2.53 bits per heavy atom. The molecule has 4 aliphatic carbocycles. The second kappa shape index (κ2) is 8.92. The number of rotatable bonds is 7. The van der Waals surface area contributed by atoms with E-state index >= 15 is 0 Å². The number of ether oxygens (including phenoxy) is 1. The Morgan fingerprint density at radius 1 is 1.00 bits per heavy atom. The van der Waals surface area contributed by atoms with Crippen molar-refractivity contribution in [1.82, 2.24) is 0 Å². The SMILES string of the molecule is CCO[C@@H]1CC[C@]2(C)C(=CC[C@@H]3[C@H]4CC[C@@H]([C@@H](C)CCCC(C)C)[C@]4(C)CC[C@H]32)C1. The molecule has 0 aromatic heterocycles. The maximum atomic E-state index is 6.04. The summed E-state index contributed by atoms with van der Waals surface area (Å²) >= 11 is 0. The number of allylic oxidation sites excluding steroid dienone is 1. The molecule has 172 valence electrons. The molecular formula is C29H50O. The molecule has 0 aliphatic heterocycles. The zero-order valence-corrected chi connectivity index (χ0v) is 21.0. The van der Waals surface area contributed by atoms with Crippen LogP contribution in [0.3, 0.4) is 0 Å². The normalized spacial score (nSPS) is 44.2. The van der Waals surface area contributed by atoms with Crippen molar-refractivity contribution >= 4 is 0 Å². The number of hydrogen-bond donors (Lipinski definition) is 0. The smallest absolute Gasteiger partial charge is 0.0612 e. The van der Waals surface area contributed by atoms with Gasteiger partial charge >= 0.3 is 0 Å². The minimum Gasteiger partial charge on any atom is -0.378 e. The van der Waals surface area contributed by atoms with E-state index in [2.05, 4.69) is 47.6 Å². The summed E-state index contributed by atoms with van der Waals surface area (Å²) in [6, 6.07) is 0. The van der Waals surface area contributed by atoms with Crippen LogP contribution >= 0.6 is 0 Å². The van der Waals surface area contributed by atoms with Crippen LogP contribution < -0.4 is 0 Å². The van der Waals surface area contributed by atoms with Crippen molar-refractivity contribution in [2.45, 2.75) is 118 Å². The molecule has 1 heteroatoms. The quantitative estimate of drug-likeness (QED) is 0.380. The molecule has 1 nitrogen and oxygen atoms in total. The van der Waals surface area contributed by atoms with E-state index in [4.69, 9.17) is 4.74 Å². The van der Waals surface area contributed by atoms with Crippen LogP contribution in [0.15, 0.2) is 11.6 Å². The van der Waals surface area contributed by atoms with Crippen molar-refractivity contribution in [3.63, 3.8) is 0 Å². The second-order valence-electron chi connectivity index (χ2n) is 12.6. The lowest BCUT2D eigenvalue weighted by Gasteiger charge is -2.58. The summed E-state index contributed by atoms with van der Waals surface area (Å²) < 4.78 is 6.04. The van der Waals surface area contributed by atoms with Crippen LogP contribution in [0.1, 0.15) is 112 Å². The maximum absolute atomic E-state index is 6.04. The summed E-state index contributed by atoms with van der Waals surface area (Å²) in [7, 11) is 0. The topological polar surface area (TPSA) is 9.23 Å². The molecule has 4 aliphatic rings. The summed E-state index contributed by atoms with van der Waals surface area (Å²) in [4.78, 5) is 0. The van der Waals surface area contributed by atoms with Crippen LogP contribution in [-0.4, -0.2) is 12.7 Å². The van der Waals surface area contributed by atoms with E-state index in [1.165, 1.54) is 70.6 Å². The van der Waals surface area contributed by atoms with Gasteiger partial charge in [-0.3, -0.25) is 0 Å². The van der Waals surface area contributed by atoms with Gasteiger partial charge in [0.25, 0.3) is 0 Å². The molecule has 0 saturated heterocycles. The van der Waals surface area contributed by atoms with Crippen molar-refractivity contribution in [3.05, 3.63) is 11.6 Å². The van der Waals surface area contributed by atoms with Gasteiger partial charge in [-0.1, -0.05) is 65.5 Å². The van der Waals surface area contributed by atoms with Crippen LogP contribution in [0.25, 0.3) is 0 Å². The molecule has 3 saturated carbocycles. The summed E-state index contributed by atoms with van der Waals surface area (Å²) in [5.74, 6) is 5.63. The first-order valence-electron chi connectivity index (χ1n) is 13.6. The van der Waals surface area contributed by atoms with Gasteiger partial charge in [0.1, 0.15) is 0 Å². The summed E-state index contributed by atoms with van der Waals surface area (Å²) in [5, 5.41) is 0. The minimum atomic E-state index is 0.471. The van der Waals surface area contributed by atoms with Gasteiger partial charge in [0, 0.05) is 6.61 Å². The molecule has 0 N–H and O–H groups in total. The minimum absolute atomic E-state index is 0.471. The van der Waals surface area contributed by atoms with E-state index < -0.39 is 0 Å². The average molecular weight is 415 g/mol. The third-order valence-electron chi connectivity index (χ3n) is 10.7. The lowest BCUT2D eigenvalue weighted by molar-refractivity contribution is -0.0630. The van der Waals surface area contributed by atoms with Crippen molar-refractivity contribution in [2.75, 3.05) is 6.61 Å². The number of fused-ring (bicyclic) bond motifs is 5. The Morgan fingerprint density at radius 2 is 1.80 bits per heavy atom. The molecule has 0 aromatic carbocycles. The largest absolute Gasteiger partial charge is 0.378 e. The highest BCUT2D eigenvalue weighted by Crippen LogP contribution is 2.67. The van der Waals surface area contributed by atoms with Crippen molar-refractivity contribution in [3.8, 4) is 0 Å². The Hall–Kier alpha value is -0.300. The van der Waals surface area contributed by atoms with Crippen molar-refractivity contribution in [1.29, 1.82) is 0 Å². The zero-order valence-electron chi connectivity index (χ0n) is 21.0. The van der Waals surface area contributed by atoms with Gasteiger partial charge in [-0.25, -0.2) is 0 Å². The highest BCUT2D eigenvalue weighted by Gasteiger charge is 2.59. The second-order valence-corrected chi connectivity index (χ2v) is 12.6. The summed E-state index contributed by atoms with van der Waals surface area (Å²) in [6.45, 7) is 15.7. The molecule has 8 atom stereocenters. The molecule has 0 aromatic rings. The van der Waals surface area contributed by atoms with Gasteiger partial charge in [0.2, 0.25) is 0 Å². The summed E-state index contributed by atoms with van der Waals surface area (Å²) in [6.07, 6.45) is 18.7. The Kier molecular flexibility index (Phi) is 6.80. The van der Waals surface area contributed by atoms with E-state index in [0.29, 0.717) is 16.9 Å². The van der Waals surface area contributed by atoms with Crippen molar-refractivity contribution in [2.24, 2.45) is 46.3 Å². The molecule has 0 bridgehead atoms. The van der Waals surface area contributed by atoms with Crippen LogP contribution in [0, 0.1) is 46.3 Å². The maximum Gasteiger partial charge on any atom is 0.0612 e. The molecule has 0 amide bonds. The monoisotopic (exact) mass is 414 g/mol. The van der Waals surface area contributed by atoms with Crippen LogP contribution in [0.2, 0.25) is 0 Å². The van der Waals surface area contributed by atoms with Gasteiger partial charge in [-0.15, -0.1) is 0 Å². The third-order valence-corrected chi connectivity index (χ3v) is 10.7. The summed E-state index contributed by atoms with van der Waals surface area (Å²) in [5.41, 5.74) is 2.86. The van der Waals surface area contributed by atoms with Gasteiger partial charge in [-0.2, -0.15) is 0 Å². The molecule has 4 rings (SSSR count). The van der Waals surface area contributed by atoms with Gasteiger partial charge in [0.15, 0.2) is 0 Å². The molecule has 0 heterocycles. The molecular weight excluding hydrogens is 364 g/mol. The fraction of sp³-hybridized carbons (Fsp3) is 0.931. The molecule has 0 unspecified atom stereocenters. The van der Waals surface area contributed by atoms with Crippen LogP contribution in [-0.2, 0) is 4.74 Å². The third kappa shape index (κ3) is 3.95. The Bertz CT molecular complexity index is 620. The van der Waals surface area contributed by atoms with E-state index in [9.17, 15) is 0 Å². The van der Waals surface area contributed by atoms with Gasteiger partial charge < -0.3 is 4.74 Å².